The van der Waals surface area contributed by atoms with Gasteiger partial charge in [0.15, 0.2) is 0 Å². The maximum Gasteiger partial charge on any atom is 0.208 e. The van der Waals surface area contributed by atoms with E-state index in [0.29, 0.717) is 13.1 Å². The largest absolute Gasteiger partial charge is 0.314 e. The fraction of sp³-hybridized carbons (Fsp3) is 0.750. The highest BCUT2D eigenvalue weighted by atomic mass is 32.2. The molecule has 0 heterocycles. The van der Waals surface area contributed by atoms with Gasteiger partial charge in [0.05, 0.1) is 6.26 Å². The Kier molecular flexibility index (Phi) is 3.76. The second kappa shape index (κ2) is 3.81. The van der Waals surface area contributed by atoms with E-state index in [1.54, 1.807) is 0 Å². The SMILES string of the molecule is [CH2]NCCNS(C)(=O)=O. The molecule has 0 fully saturated rings. The Morgan fingerprint density at radius 2 is 2.00 bits per heavy atom. The Balaban J connectivity index is 3.30. The van der Waals surface area contributed by atoms with Gasteiger partial charge in [-0.25, -0.2) is 13.1 Å². The zero-order valence-corrected chi connectivity index (χ0v) is 6.16. The van der Waals surface area contributed by atoms with Crippen molar-refractivity contribution in [2.24, 2.45) is 0 Å². The van der Waals surface area contributed by atoms with Crippen LogP contribution in [0.3, 0.4) is 0 Å². The predicted octanol–water partition coefficient (Wildman–Crippen LogP) is -1.08. The summed E-state index contributed by atoms with van der Waals surface area (Å²) < 4.78 is 23.0. The van der Waals surface area contributed by atoms with Gasteiger partial charge in [-0.3, -0.25) is 0 Å². The van der Waals surface area contributed by atoms with Crippen molar-refractivity contribution in [1.29, 1.82) is 0 Å². The summed E-state index contributed by atoms with van der Waals surface area (Å²) >= 11 is 0. The molecule has 9 heavy (non-hydrogen) atoms. The van der Waals surface area contributed by atoms with Crippen molar-refractivity contribution in [3.05, 3.63) is 7.05 Å². The van der Waals surface area contributed by atoms with Crippen LogP contribution in [0.2, 0.25) is 0 Å². The third-order valence-electron chi connectivity index (χ3n) is 0.666. The first-order valence-electron chi connectivity index (χ1n) is 2.51. The van der Waals surface area contributed by atoms with Gasteiger partial charge in [0, 0.05) is 20.1 Å². The van der Waals surface area contributed by atoms with Crippen LogP contribution in [0.4, 0.5) is 0 Å². The quantitative estimate of drug-likeness (QED) is 0.502. The second-order valence-corrected chi connectivity index (χ2v) is 3.50. The van der Waals surface area contributed by atoms with Crippen molar-refractivity contribution < 1.29 is 8.42 Å². The molecule has 0 saturated heterocycles. The number of nitrogens with one attached hydrogen (secondary N) is 2. The van der Waals surface area contributed by atoms with Gasteiger partial charge in [-0.2, -0.15) is 0 Å². The number of rotatable bonds is 4. The molecule has 0 aromatic rings. The first-order valence-corrected chi connectivity index (χ1v) is 4.40. The van der Waals surface area contributed by atoms with Crippen molar-refractivity contribution in [2.45, 2.75) is 0 Å². The second-order valence-electron chi connectivity index (χ2n) is 1.67. The molecule has 0 aromatic heterocycles. The molecule has 0 rings (SSSR count). The molecule has 0 unspecified atom stereocenters. The van der Waals surface area contributed by atoms with E-state index >= 15 is 0 Å². The molecule has 0 saturated carbocycles. The lowest BCUT2D eigenvalue weighted by Crippen LogP contribution is -2.28. The number of sulfonamides is 1. The van der Waals surface area contributed by atoms with E-state index in [0.717, 1.165) is 6.26 Å². The minimum Gasteiger partial charge on any atom is -0.314 e. The molecule has 5 heteroatoms. The summed E-state index contributed by atoms with van der Waals surface area (Å²) in [6, 6.07) is 0. The van der Waals surface area contributed by atoms with E-state index in [2.05, 4.69) is 17.1 Å². The molecule has 4 nitrogen and oxygen atoms in total. The summed E-state index contributed by atoms with van der Waals surface area (Å²) in [6.45, 7) is 0.940. The van der Waals surface area contributed by atoms with Crippen LogP contribution < -0.4 is 10.0 Å². The molecule has 0 bridgehead atoms. The van der Waals surface area contributed by atoms with Crippen LogP contribution in [0.25, 0.3) is 0 Å². The Morgan fingerprint density at radius 1 is 1.44 bits per heavy atom. The van der Waals surface area contributed by atoms with E-state index in [9.17, 15) is 8.42 Å². The van der Waals surface area contributed by atoms with Crippen LogP contribution in [-0.2, 0) is 10.0 Å². The molecule has 55 valence electrons. The predicted molar refractivity (Wildman–Crippen MR) is 36.2 cm³/mol. The summed E-state index contributed by atoms with van der Waals surface area (Å²) in [4.78, 5) is 0. The maximum atomic E-state index is 10.3. The molecule has 2 N–H and O–H groups in total. The molecule has 0 spiro atoms. The van der Waals surface area contributed by atoms with Crippen molar-refractivity contribution >= 4 is 10.0 Å². The van der Waals surface area contributed by atoms with E-state index in [1.807, 2.05) is 0 Å². The van der Waals surface area contributed by atoms with E-state index < -0.39 is 10.0 Å². The minimum absolute atomic E-state index is 0.391. The normalized spacial score (nSPS) is 11.8. The van der Waals surface area contributed by atoms with Gasteiger partial charge in [0.1, 0.15) is 0 Å². The Hall–Kier alpha value is -0.130. The van der Waals surface area contributed by atoms with Gasteiger partial charge in [0.25, 0.3) is 0 Å². The Bertz CT molecular complexity index is 152. The van der Waals surface area contributed by atoms with Gasteiger partial charge in [-0.1, -0.05) is 0 Å². The van der Waals surface area contributed by atoms with Crippen LogP contribution in [0.5, 0.6) is 0 Å². The number of hydrogen-bond acceptors (Lipinski definition) is 3. The lowest BCUT2D eigenvalue weighted by molar-refractivity contribution is 0.586. The van der Waals surface area contributed by atoms with Gasteiger partial charge >= 0.3 is 0 Å². The molecule has 0 aliphatic carbocycles. The summed E-state index contributed by atoms with van der Waals surface area (Å²) in [5.41, 5.74) is 0. The minimum atomic E-state index is -3.01. The highest BCUT2D eigenvalue weighted by molar-refractivity contribution is 7.88. The summed E-state index contributed by atoms with van der Waals surface area (Å²) in [5.74, 6) is 0. The van der Waals surface area contributed by atoms with Crippen molar-refractivity contribution in [3.63, 3.8) is 0 Å². The molecule has 0 atom stereocenters. The smallest absolute Gasteiger partial charge is 0.208 e. The van der Waals surface area contributed by atoms with Crippen LogP contribution in [0, 0.1) is 7.05 Å². The fourth-order valence-electron chi connectivity index (χ4n) is 0.325. The van der Waals surface area contributed by atoms with E-state index in [-0.39, 0.29) is 0 Å². The lowest BCUT2D eigenvalue weighted by atomic mass is 10.7. The monoisotopic (exact) mass is 151 g/mol. The first-order chi connectivity index (χ1) is 4.06. The molecule has 1 radical (unpaired) electrons. The molecule has 0 aliphatic rings. The van der Waals surface area contributed by atoms with E-state index in [1.165, 1.54) is 0 Å². The highest BCUT2D eigenvalue weighted by Gasteiger charge is 1.95. The summed E-state index contributed by atoms with van der Waals surface area (Å²) in [7, 11) is 0.306. The van der Waals surface area contributed by atoms with Gasteiger partial charge in [-0.15, -0.1) is 0 Å². The van der Waals surface area contributed by atoms with E-state index in [4.69, 9.17) is 0 Å². The van der Waals surface area contributed by atoms with Crippen molar-refractivity contribution in [1.82, 2.24) is 10.0 Å². The first kappa shape index (κ1) is 8.87. The van der Waals surface area contributed by atoms with Gasteiger partial charge < -0.3 is 5.32 Å². The average molecular weight is 151 g/mol. The fourth-order valence-corrected chi connectivity index (χ4v) is 0.798. The zero-order chi connectivity index (χ0) is 7.33. The van der Waals surface area contributed by atoms with Crippen molar-refractivity contribution in [2.75, 3.05) is 19.3 Å². The standard InChI is InChI=1S/C4H11N2O2S/c1-5-3-4-6-9(2,7)8/h5-6H,1,3-4H2,2H3. The van der Waals surface area contributed by atoms with Gasteiger partial charge in [0.2, 0.25) is 10.0 Å². The third-order valence-corrected chi connectivity index (χ3v) is 1.39. The van der Waals surface area contributed by atoms with Crippen LogP contribution >= 0.6 is 0 Å². The van der Waals surface area contributed by atoms with Crippen molar-refractivity contribution in [3.8, 4) is 0 Å². The van der Waals surface area contributed by atoms with Crippen LogP contribution in [-0.4, -0.2) is 27.8 Å². The molecular weight excluding hydrogens is 140 g/mol. The average Bonchev–Trinajstić information content (AvgIpc) is 1.63. The topological polar surface area (TPSA) is 58.2 Å². The maximum absolute atomic E-state index is 10.3. The Labute approximate surface area is 55.7 Å². The molecule has 0 amide bonds. The Morgan fingerprint density at radius 3 is 2.33 bits per heavy atom. The summed E-state index contributed by atoms with van der Waals surface area (Å²) in [6.07, 6.45) is 1.12. The molecule has 0 aromatic carbocycles. The highest BCUT2D eigenvalue weighted by Crippen LogP contribution is 1.69. The lowest BCUT2D eigenvalue weighted by Gasteiger charge is -1.98. The van der Waals surface area contributed by atoms with Crippen LogP contribution in [0.1, 0.15) is 0 Å². The summed E-state index contributed by atoms with van der Waals surface area (Å²) in [5, 5.41) is 2.56. The molecular formula is C4H11N2O2S. The molecule has 0 aliphatic heterocycles. The number of hydrogen-bond donors (Lipinski definition) is 2. The van der Waals surface area contributed by atoms with Crippen LogP contribution in [0.15, 0.2) is 0 Å². The zero-order valence-electron chi connectivity index (χ0n) is 5.35. The van der Waals surface area contributed by atoms with Gasteiger partial charge in [-0.05, 0) is 0 Å². The third kappa shape index (κ3) is 7.87.